The van der Waals surface area contributed by atoms with E-state index in [0.717, 1.165) is 16.5 Å². The average Bonchev–Trinajstić information content (AvgIpc) is 2.61. The summed E-state index contributed by atoms with van der Waals surface area (Å²) < 4.78 is 18.1. The fourth-order valence-electron chi connectivity index (χ4n) is 2.44. The summed E-state index contributed by atoms with van der Waals surface area (Å²) in [5.74, 6) is -0.0900. The van der Waals surface area contributed by atoms with Crippen LogP contribution in [-0.4, -0.2) is 24.0 Å². The molecule has 0 spiro atoms. The van der Waals surface area contributed by atoms with Crippen LogP contribution in [0.2, 0.25) is 0 Å². The van der Waals surface area contributed by atoms with Crippen molar-refractivity contribution in [2.45, 2.75) is 6.42 Å². The molecule has 2 aromatic carbocycles. The fraction of sp³-hybridized carbons (Fsp3) is 0.158. The highest BCUT2D eigenvalue weighted by Gasteiger charge is 2.05. The molecule has 0 aliphatic rings. The first-order chi connectivity index (χ1) is 11.7. The Balaban J connectivity index is 1.48. The predicted octanol–water partition coefficient (Wildman–Crippen LogP) is 3.11. The Kier molecular flexibility index (Phi) is 5.01. The highest BCUT2D eigenvalue weighted by atomic mass is 19.1. The molecule has 1 heterocycles. The summed E-state index contributed by atoms with van der Waals surface area (Å²) in [6, 6.07) is 15.5. The number of hydrogen-bond donors (Lipinski definition) is 1. The standard InChI is InChI=1S/C19H17FN2O2/c20-16-6-8-17(9-7-16)24-13-18(23)21-12-10-15-4-1-3-14-5-2-11-22-19(14)15/h1-9,11H,10,12-13H2,(H,21,23). The number of benzene rings is 2. The normalized spacial score (nSPS) is 10.5. The predicted molar refractivity (Wildman–Crippen MR) is 90.4 cm³/mol. The Bertz CT molecular complexity index is 829. The van der Waals surface area contributed by atoms with E-state index in [4.69, 9.17) is 4.74 Å². The van der Waals surface area contributed by atoms with E-state index in [0.29, 0.717) is 18.7 Å². The summed E-state index contributed by atoms with van der Waals surface area (Å²) in [4.78, 5) is 16.2. The van der Waals surface area contributed by atoms with Crippen LogP contribution in [0.25, 0.3) is 10.9 Å². The number of amides is 1. The number of rotatable bonds is 6. The summed E-state index contributed by atoms with van der Waals surface area (Å²) in [7, 11) is 0. The maximum Gasteiger partial charge on any atom is 0.257 e. The first kappa shape index (κ1) is 15.9. The minimum absolute atomic E-state index is 0.0978. The number of nitrogens with zero attached hydrogens (tertiary/aromatic N) is 1. The minimum Gasteiger partial charge on any atom is -0.484 e. The van der Waals surface area contributed by atoms with Crippen molar-refractivity contribution < 1.29 is 13.9 Å². The zero-order valence-corrected chi connectivity index (χ0v) is 13.0. The average molecular weight is 324 g/mol. The SMILES string of the molecule is O=C(COc1ccc(F)cc1)NCCc1cccc2cccnc12. The first-order valence-corrected chi connectivity index (χ1v) is 7.70. The molecule has 0 aliphatic heterocycles. The molecule has 5 heteroatoms. The van der Waals surface area contributed by atoms with Gasteiger partial charge in [0.2, 0.25) is 0 Å². The Morgan fingerprint density at radius 3 is 2.71 bits per heavy atom. The number of halogens is 1. The molecule has 0 aliphatic carbocycles. The summed E-state index contributed by atoms with van der Waals surface area (Å²) in [6.45, 7) is 0.403. The van der Waals surface area contributed by atoms with Gasteiger partial charge in [0.1, 0.15) is 11.6 Å². The number of nitrogens with one attached hydrogen (secondary N) is 1. The smallest absolute Gasteiger partial charge is 0.257 e. The quantitative estimate of drug-likeness (QED) is 0.758. The van der Waals surface area contributed by atoms with Crippen LogP contribution in [-0.2, 0) is 11.2 Å². The highest BCUT2D eigenvalue weighted by molar-refractivity contribution is 5.81. The van der Waals surface area contributed by atoms with Crippen molar-refractivity contribution in [2.75, 3.05) is 13.2 Å². The molecule has 122 valence electrons. The molecule has 0 unspecified atom stereocenters. The van der Waals surface area contributed by atoms with Crippen LogP contribution >= 0.6 is 0 Å². The lowest BCUT2D eigenvalue weighted by Gasteiger charge is -2.08. The van der Waals surface area contributed by atoms with Gasteiger partial charge < -0.3 is 10.1 Å². The third-order valence-corrected chi connectivity index (χ3v) is 3.62. The Labute approximate surface area is 139 Å². The maximum atomic E-state index is 12.8. The van der Waals surface area contributed by atoms with Crippen LogP contribution in [0.3, 0.4) is 0 Å². The number of para-hydroxylation sites is 1. The number of fused-ring (bicyclic) bond motifs is 1. The third kappa shape index (κ3) is 4.07. The lowest BCUT2D eigenvalue weighted by Crippen LogP contribution is -2.30. The van der Waals surface area contributed by atoms with E-state index in [1.54, 1.807) is 6.20 Å². The van der Waals surface area contributed by atoms with Gasteiger partial charge in [0.05, 0.1) is 5.52 Å². The summed E-state index contributed by atoms with van der Waals surface area (Å²) in [5, 5.41) is 3.90. The van der Waals surface area contributed by atoms with Gasteiger partial charge in [0, 0.05) is 18.1 Å². The van der Waals surface area contributed by atoms with Crippen molar-refractivity contribution in [3.05, 3.63) is 72.2 Å². The van der Waals surface area contributed by atoms with Gasteiger partial charge in [0.25, 0.3) is 5.91 Å². The van der Waals surface area contributed by atoms with E-state index in [9.17, 15) is 9.18 Å². The zero-order valence-electron chi connectivity index (χ0n) is 13.0. The second kappa shape index (κ2) is 7.55. The van der Waals surface area contributed by atoms with Gasteiger partial charge in [-0.15, -0.1) is 0 Å². The van der Waals surface area contributed by atoms with Crippen LogP contribution in [0.5, 0.6) is 5.75 Å². The van der Waals surface area contributed by atoms with Gasteiger partial charge in [-0.1, -0.05) is 24.3 Å². The van der Waals surface area contributed by atoms with Crippen LogP contribution in [0.15, 0.2) is 60.8 Å². The molecule has 3 aromatic rings. The number of ether oxygens (including phenoxy) is 1. The molecule has 0 bridgehead atoms. The van der Waals surface area contributed by atoms with Gasteiger partial charge in [-0.05, 0) is 42.3 Å². The van der Waals surface area contributed by atoms with Gasteiger partial charge in [-0.3, -0.25) is 9.78 Å². The van der Waals surface area contributed by atoms with E-state index in [2.05, 4.69) is 10.3 Å². The molecular weight excluding hydrogens is 307 g/mol. The van der Waals surface area contributed by atoms with Crippen LogP contribution in [0, 0.1) is 5.82 Å². The lowest BCUT2D eigenvalue weighted by atomic mass is 10.1. The molecule has 1 amide bonds. The minimum atomic E-state index is -0.338. The molecule has 0 fully saturated rings. The Morgan fingerprint density at radius 1 is 1.08 bits per heavy atom. The van der Waals surface area contributed by atoms with E-state index in [1.807, 2.05) is 30.3 Å². The van der Waals surface area contributed by atoms with Crippen molar-refractivity contribution in [3.8, 4) is 5.75 Å². The van der Waals surface area contributed by atoms with E-state index < -0.39 is 0 Å². The molecule has 1 N–H and O–H groups in total. The second-order valence-electron chi connectivity index (χ2n) is 5.33. The molecule has 0 radical (unpaired) electrons. The van der Waals surface area contributed by atoms with Crippen molar-refractivity contribution in [1.29, 1.82) is 0 Å². The molecule has 0 atom stereocenters. The number of pyridine rings is 1. The van der Waals surface area contributed by atoms with Crippen LogP contribution < -0.4 is 10.1 Å². The molecule has 4 nitrogen and oxygen atoms in total. The fourth-order valence-corrected chi connectivity index (χ4v) is 2.44. The van der Waals surface area contributed by atoms with Crippen molar-refractivity contribution in [3.63, 3.8) is 0 Å². The topological polar surface area (TPSA) is 51.2 Å². The molecular formula is C19H17FN2O2. The first-order valence-electron chi connectivity index (χ1n) is 7.70. The van der Waals surface area contributed by atoms with Crippen molar-refractivity contribution in [1.82, 2.24) is 10.3 Å². The molecule has 0 saturated heterocycles. The van der Waals surface area contributed by atoms with Crippen molar-refractivity contribution in [2.24, 2.45) is 0 Å². The maximum absolute atomic E-state index is 12.8. The molecule has 24 heavy (non-hydrogen) atoms. The van der Waals surface area contributed by atoms with E-state index >= 15 is 0 Å². The largest absolute Gasteiger partial charge is 0.484 e. The van der Waals surface area contributed by atoms with Gasteiger partial charge in [-0.25, -0.2) is 4.39 Å². The Hall–Kier alpha value is -2.95. The Morgan fingerprint density at radius 2 is 1.88 bits per heavy atom. The van der Waals surface area contributed by atoms with Gasteiger partial charge in [-0.2, -0.15) is 0 Å². The number of aromatic nitrogens is 1. The number of hydrogen-bond acceptors (Lipinski definition) is 3. The lowest BCUT2D eigenvalue weighted by molar-refractivity contribution is -0.123. The molecule has 1 aromatic heterocycles. The van der Waals surface area contributed by atoms with Crippen LogP contribution in [0.4, 0.5) is 4.39 Å². The summed E-state index contributed by atoms with van der Waals surface area (Å²) >= 11 is 0. The van der Waals surface area contributed by atoms with E-state index in [-0.39, 0.29) is 18.3 Å². The highest BCUT2D eigenvalue weighted by Crippen LogP contribution is 2.16. The zero-order chi connectivity index (χ0) is 16.8. The van der Waals surface area contributed by atoms with Crippen molar-refractivity contribution >= 4 is 16.8 Å². The van der Waals surface area contributed by atoms with Crippen LogP contribution in [0.1, 0.15) is 5.56 Å². The molecule has 0 saturated carbocycles. The molecule has 3 rings (SSSR count). The van der Waals surface area contributed by atoms with Gasteiger partial charge in [0.15, 0.2) is 6.61 Å². The number of carbonyl (C=O) groups is 1. The summed E-state index contributed by atoms with van der Waals surface area (Å²) in [5.41, 5.74) is 2.05. The number of carbonyl (C=O) groups excluding carboxylic acids is 1. The summed E-state index contributed by atoms with van der Waals surface area (Å²) in [6.07, 6.45) is 2.46. The monoisotopic (exact) mass is 324 g/mol. The van der Waals surface area contributed by atoms with Gasteiger partial charge >= 0.3 is 0 Å². The second-order valence-corrected chi connectivity index (χ2v) is 5.33. The van der Waals surface area contributed by atoms with E-state index in [1.165, 1.54) is 24.3 Å². The third-order valence-electron chi connectivity index (χ3n) is 3.62.